The lowest BCUT2D eigenvalue weighted by Crippen LogP contribution is -2.08. The molecule has 0 aliphatic carbocycles. The Labute approximate surface area is 151 Å². The van der Waals surface area contributed by atoms with Crippen molar-refractivity contribution < 1.29 is 14.3 Å². The predicted octanol–water partition coefficient (Wildman–Crippen LogP) is 5.14. The van der Waals surface area contributed by atoms with Crippen LogP contribution >= 0.6 is 39.1 Å². The molecule has 0 fully saturated rings. The zero-order valence-electron chi connectivity index (χ0n) is 11.6. The van der Waals surface area contributed by atoms with Crippen LogP contribution in [0.25, 0.3) is 6.08 Å². The standard InChI is InChI=1S/C16H10BrCl2NO3/c17-10-5-6-13-16(23-8-22-13)9(10)4-7-14(21)20-15-11(18)2-1-3-12(15)19/h1-7H,8H2,(H,20,21)/b7-4+. The first-order valence-electron chi connectivity index (χ1n) is 6.57. The van der Waals surface area contributed by atoms with Crippen molar-refractivity contribution >= 4 is 56.8 Å². The maximum atomic E-state index is 12.1. The molecule has 1 N–H and O–H groups in total. The number of amides is 1. The van der Waals surface area contributed by atoms with Crippen molar-refractivity contribution in [2.24, 2.45) is 0 Å². The fourth-order valence-corrected chi connectivity index (χ4v) is 3.00. The number of hydrogen-bond donors (Lipinski definition) is 1. The molecule has 0 aromatic heterocycles. The van der Waals surface area contributed by atoms with Crippen molar-refractivity contribution in [2.45, 2.75) is 0 Å². The fraction of sp³-hybridized carbons (Fsp3) is 0.0625. The average molecular weight is 415 g/mol. The van der Waals surface area contributed by atoms with Gasteiger partial charge in [-0.05, 0) is 30.3 Å². The summed E-state index contributed by atoms with van der Waals surface area (Å²) in [6, 6.07) is 8.64. The molecule has 1 heterocycles. The van der Waals surface area contributed by atoms with Gasteiger partial charge in [0.2, 0.25) is 12.7 Å². The van der Waals surface area contributed by atoms with Crippen LogP contribution < -0.4 is 14.8 Å². The van der Waals surface area contributed by atoms with Crippen LogP contribution in [0.3, 0.4) is 0 Å². The van der Waals surface area contributed by atoms with Gasteiger partial charge in [-0.3, -0.25) is 4.79 Å². The number of para-hydroxylation sites is 1. The number of fused-ring (bicyclic) bond motifs is 1. The van der Waals surface area contributed by atoms with E-state index in [0.717, 1.165) is 10.0 Å². The Balaban J connectivity index is 1.81. The third-order valence-corrected chi connectivity index (χ3v) is 4.46. The number of anilines is 1. The highest BCUT2D eigenvalue weighted by Crippen LogP contribution is 2.40. The molecule has 0 bridgehead atoms. The van der Waals surface area contributed by atoms with Crippen LogP contribution in [0.4, 0.5) is 5.69 Å². The first-order valence-corrected chi connectivity index (χ1v) is 8.12. The predicted molar refractivity (Wildman–Crippen MR) is 94.4 cm³/mol. The van der Waals surface area contributed by atoms with Gasteiger partial charge < -0.3 is 14.8 Å². The van der Waals surface area contributed by atoms with Gasteiger partial charge >= 0.3 is 0 Å². The summed E-state index contributed by atoms with van der Waals surface area (Å²) in [4.78, 5) is 12.1. The molecule has 1 aliphatic rings. The minimum Gasteiger partial charge on any atom is -0.454 e. The van der Waals surface area contributed by atoms with Crippen molar-refractivity contribution in [3.05, 3.63) is 56.5 Å². The number of rotatable bonds is 3. The summed E-state index contributed by atoms with van der Waals surface area (Å²) in [6.07, 6.45) is 3.01. The monoisotopic (exact) mass is 413 g/mol. The maximum Gasteiger partial charge on any atom is 0.248 e. The van der Waals surface area contributed by atoms with Crippen molar-refractivity contribution in [1.82, 2.24) is 0 Å². The number of carbonyl (C=O) groups is 1. The molecule has 1 aliphatic heterocycles. The summed E-state index contributed by atoms with van der Waals surface area (Å²) >= 11 is 15.5. The van der Waals surface area contributed by atoms with Crippen LogP contribution in [0.15, 0.2) is 40.9 Å². The molecule has 0 saturated heterocycles. The van der Waals surface area contributed by atoms with E-state index in [2.05, 4.69) is 21.2 Å². The molecule has 2 aromatic carbocycles. The summed E-state index contributed by atoms with van der Waals surface area (Å²) in [5.74, 6) is 0.880. The van der Waals surface area contributed by atoms with Crippen LogP contribution in [-0.2, 0) is 4.79 Å². The van der Waals surface area contributed by atoms with Gasteiger partial charge in [0.25, 0.3) is 0 Å². The Morgan fingerprint density at radius 3 is 2.65 bits per heavy atom. The number of benzene rings is 2. The second kappa shape index (κ2) is 6.83. The van der Waals surface area contributed by atoms with Gasteiger partial charge in [-0.15, -0.1) is 0 Å². The van der Waals surface area contributed by atoms with Crippen molar-refractivity contribution in [1.29, 1.82) is 0 Å². The quantitative estimate of drug-likeness (QED) is 0.707. The second-order valence-electron chi connectivity index (χ2n) is 4.61. The van der Waals surface area contributed by atoms with Gasteiger partial charge in [-0.2, -0.15) is 0 Å². The molecule has 4 nitrogen and oxygen atoms in total. The molecule has 1 amide bonds. The summed E-state index contributed by atoms with van der Waals surface area (Å²) in [7, 11) is 0. The maximum absolute atomic E-state index is 12.1. The third-order valence-electron chi connectivity index (χ3n) is 3.14. The second-order valence-corrected chi connectivity index (χ2v) is 6.28. The van der Waals surface area contributed by atoms with Gasteiger partial charge in [-0.1, -0.05) is 45.2 Å². The van der Waals surface area contributed by atoms with E-state index in [1.807, 2.05) is 6.07 Å². The molecular weight excluding hydrogens is 405 g/mol. The molecular formula is C16H10BrCl2NO3. The lowest BCUT2D eigenvalue weighted by atomic mass is 10.1. The topological polar surface area (TPSA) is 47.6 Å². The van der Waals surface area contributed by atoms with Crippen LogP contribution in [0.5, 0.6) is 11.5 Å². The molecule has 2 aromatic rings. The van der Waals surface area contributed by atoms with E-state index in [-0.39, 0.29) is 12.7 Å². The lowest BCUT2D eigenvalue weighted by molar-refractivity contribution is -0.111. The van der Waals surface area contributed by atoms with Crippen LogP contribution in [0, 0.1) is 0 Å². The SMILES string of the molecule is O=C(/C=C/c1c(Br)ccc2c1OCO2)Nc1c(Cl)cccc1Cl. The van der Waals surface area contributed by atoms with E-state index >= 15 is 0 Å². The zero-order valence-corrected chi connectivity index (χ0v) is 14.7. The molecule has 3 rings (SSSR count). The van der Waals surface area contributed by atoms with Crippen LogP contribution in [0.1, 0.15) is 5.56 Å². The van der Waals surface area contributed by atoms with Crippen molar-refractivity contribution in [3.63, 3.8) is 0 Å². The van der Waals surface area contributed by atoms with Gasteiger partial charge in [-0.25, -0.2) is 0 Å². The molecule has 0 unspecified atom stereocenters. The largest absolute Gasteiger partial charge is 0.454 e. The summed E-state index contributed by atoms with van der Waals surface area (Å²) in [5, 5.41) is 3.40. The summed E-state index contributed by atoms with van der Waals surface area (Å²) < 4.78 is 11.5. The number of ether oxygens (including phenoxy) is 2. The smallest absolute Gasteiger partial charge is 0.248 e. The summed E-state index contributed by atoms with van der Waals surface area (Å²) in [5.41, 5.74) is 1.10. The van der Waals surface area contributed by atoms with E-state index in [0.29, 0.717) is 27.2 Å². The minimum atomic E-state index is -0.358. The number of hydrogen-bond acceptors (Lipinski definition) is 3. The van der Waals surface area contributed by atoms with Gasteiger partial charge in [0.05, 0.1) is 15.7 Å². The van der Waals surface area contributed by atoms with E-state index in [9.17, 15) is 4.79 Å². The van der Waals surface area contributed by atoms with E-state index in [4.69, 9.17) is 32.7 Å². The fourth-order valence-electron chi connectivity index (χ4n) is 2.07. The third kappa shape index (κ3) is 3.47. The Kier molecular flexibility index (Phi) is 4.80. The highest BCUT2D eigenvalue weighted by molar-refractivity contribution is 9.10. The van der Waals surface area contributed by atoms with Crippen LogP contribution in [-0.4, -0.2) is 12.7 Å². The average Bonchev–Trinajstić information content (AvgIpc) is 2.99. The molecule has 0 atom stereocenters. The summed E-state index contributed by atoms with van der Waals surface area (Å²) in [6.45, 7) is 0.161. The number of carbonyl (C=O) groups excluding carboxylic acids is 1. The lowest BCUT2D eigenvalue weighted by Gasteiger charge is -2.07. The molecule has 0 radical (unpaired) electrons. The Hall–Kier alpha value is -1.69. The highest BCUT2D eigenvalue weighted by Gasteiger charge is 2.18. The molecule has 23 heavy (non-hydrogen) atoms. The van der Waals surface area contributed by atoms with E-state index in [1.54, 1.807) is 30.3 Å². The first kappa shape index (κ1) is 16.2. The van der Waals surface area contributed by atoms with Gasteiger partial charge in [0, 0.05) is 16.1 Å². The van der Waals surface area contributed by atoms with Gasteiger partial charge in [0.15, 0.2) is 11.5 Å². The number of halogens is 3. The van der Waals surface area contributed by atoms with Gasteiger partial charge in [0.1, 0.15) is 0 Å². The van der Waals surface area contributed by atoms with Crippen molar-refractivity contribution in [2.75, 3.05) is 12.1 Å². The molecule has 7 heteroatoms. The zero-order chi connectivity index (χ0) is 16.4. The normalized spacial score (nSPS) is 12.7. The van der Waals surface area contributed by atoms with E-state index in [1.165, 1.54) is 6.08 Å². The molecule has 0 spiro atoms. The Morgan fingerprint density at radius 2 is 1.91 bits per heavy atom. The minimum absolute atomic E-state index is 0.161. The van der Waals surface area contributed by atoms with Crippen LogP contribution in [0.2, 0.25) is 10.0 Å². The van der Waals surface area contributed by atoms with E-state index < -0.39 is 0 Å². The molecule has 118 valence electrons. The van der Waals surface area contributed by atoms with Crippen molar-refractivity contribution in [3.8, 4) is 11.5 Å². The molecule has 0 saturated carbocycles. The Morgan fingerprint density at radius 1 is 1.17 bits per heavy atom. The number of nitrogens with one attached hydrogen (secondary N) is 1. The Bertz CT molecular complexity index is 788. The first-order chi connectivity index (χ1) is 11.1. The highest BCUT2D eigenvalue weighted by atomic mass is 79.9.